The normalized spacial score (nSPS) is 11.9. The van der Waals surface area contributed by atoms with Crippen LogP contribution in [0, 0.1) is 0 Å². The zero-order chi connectivity index (χ0) is 18.4. The van der Waals surface area contributed by atoms with E-state index in [1.165, 1.54) is 37.3 Å². The van der Waals surface area contributed by atoms with Crippen LogP contribution in [0.1, 0.15) is 23.0 Å². The van der Waals surface area contributed by atoms with E-state index in [0.717, 1.165) is 6.08 Å². The highest BCUT2D eigenvalue weighted by atomic mass is 79.9. The van der Waals surface area contributed by atoms with Gasteiger partial charge in [0.05, 0.1) is 0 Å². The Kier molecular flexibility index (Phi) is 6.13. The first-order valence-corrected chi connectivity index (χ1v) is 7.99. The van der Waals surface area contributed by atoms with Crippen molar-refractivity contribution in [2.45, 2.75) is 13.0 Å². The third-order valence-corrected chi connectivity index (χ3v) is 3.50. The van der Waals surface area contributed by atoms with Gasteiger partial charge in [0.1, 0.15) is 5.76 Å². The summed E-state index contributed by atoms with van der Waals surface area (Å²) < 4.78 is 10.7. The van der Waals surface area contributed by atoms with Gasteiger partial charge in [-0.15, -0.1) is 0 Å². The second kappa shape index (κ2) is 8.29. The summed E-state index contributed by atoms with van der Waals surface area (Å²) >= 11 is 3.15. The number of rotatable bonds is 6. The number of anilines is 1. The average Bonchev–Trinajstić information content (AvgIpc) is 2.99. The number of primary amides is 1. The van der Waals surface area contributed by atoms with E-state index in [-0.39, 0.29) is 0 Å². The van der Waals surface area contributed by atoms with Crippen LogP contribution < -0.4 is 11.1 Å². The molecule has 1 aromatic carbocycles. The van der Waals surface area contributed by atoms with E-state index in [4.69, 9.17) is 14.9 Å². The molecule has 0 fully saturated rings. The number of amides is 2. The molecule has 0 bridgehead atoms. The predicted octanol–water partition coefficient (Wildman–Crippen LogP) is 2.72. The second-order valence-corrected chi connectivity index (χ2v) is 5.77. The number of esters is 1. The lowest BCUT2D eigenvalue weighted by Crippen LogP contribution is -2.29. The molecule has 0 aliphatic carbocycles. The zero-order valence-corrected chi connectivity index (χ0v) is 14.8. The van der Waals surface area contributed by atoms with Gasteiger partial charge >= 0.3 is 5.97 Å². The summed E-state index contributed by atoms with van der Waals surface area (Å²) in [7, 11) is 0. The van der Waals surface area contributed by atoms with Gasteiger partial charge in [0.25, 0.3) is 5.91 Å². The van der Waals surface area contributed by atoms with Crippen molar-refractivity contribution in [3.63, 3.8) is 0 Å². The predicted molar refractivity (Wildman–Crippen MR) is 94.6 cm³/mol. The maximum Gasteiger partial charge on any atom is 0.331 e. The van der Waals surface area contributed by atoms with Gasteiger partial charge in [-0.2, -0.15) is 0 Å². The van der Waals surface area contributed by atoms with Crippen molar-refractivity contribution in [2.75, 3.05) is 5.32 Å². The SMILES string of the molecule is C[C@H](OC(=O)/C=C/c1ccc(Br)o1)C(=O)Nc1ccc(C(N)=O)cc1. The molecule has 0 aliphatic heterocycles. The van der Waals surface area contributed by atoms with Crippen molar-refractivity contribution in [1.82, 2.24) is 0 Å². The molecule has 1 aromatic heterocycles. The monoisotopic (exact) mass is 406 g/mol. The Labute approximate surface area is 152 Å². The lowest BCUT2D eigenvalue weighted by molar-refractivity contribution is -0.148. The molecule has 0 unspecified atom stereocenters. The number of carbonyl (C=O) groups is 3. The molecule has 1 heterocycles. The molecule has 25 heavy (non-hydrogen) atoms. The molecular weight excluding hydrogens is 392 g/mol. The van der Waals surface area contributed by atoms with Crippen LogP contribution in [0.4, 0.5) is 5.69 Å². The van der Waals surface area contributed by atoms with Gasteiger partial charge in [-0.1, -0.05) is 0 Å². The van der Waals surface area contributed by atoms with Crippen LogP contribution in [0.3, 0.4) is 0 Å². The molecule has 3 N–H and O–H groups in total. The average molecular weight is 407 g/mol. The fraction of sp³-hybridized carbons (Fsp3) is 0.118. The number of furan rings is 1. The minimum absolute atomic E-state index is 0.326. The van der Waals surface area contributed by atoms with Crippen molar-refractivity contribution >= 4 is 45.5 Å². The summed E-state index contributed by atoms with van der Waals surface area (Å²) in [5.74, 6) is -1.28. The maximum absolute atomic E-state index is 12.0. The van der Waals surface area contributed by atoms with Crippen LogP contribution in [0.15, 0.2) is 51.6 Å². The standard InChI is InChI=1S/C17H15BrN2O5/c1-10(24-15(21)9-7-13-6-8-14(18)25-13)17(23)20-12-4-2-11(3-5-12)16(19)22/h2-10H,1H3,(H2,19,22)(H,20,23)/b9-7+/t10-/m0/s1. The Morgan fingerprint density at radius 2 is 1.88 bits per heavy atom. The molecule has 0 saturated heterocycles. The number of nitrogens with two attached hydrogens (primary N) is 1. The molecule has 7 nitrogen and oxygen atoms in total. The maximum atomic E-state index is 12.0. The molecule has 130 valence electrons. The highest BCUT2D eigenvalue weighted by molar-refractivity contribution is 9.10. The number of benzene rings is 1. The van der Waals surface area contributed by atoms with Gasteiger partial charge in [0.15, 0.2) is 10.8 Å². The molecule has 0 aliphatic rings. The molecule has 0 saturated carbocycles. The zero-order valence-electron chi connectivity index (χ0n) is 13.2. The third kappa shape index (κ3) is 5.61. The Morgan fingerprint density at radius 1 is 1.20 bits per heavy atom. The topological polar surface area (TPSA) is 112 Å². The van der Waals surface area contributed by atoms with Gasteiger partial charge in [-0.25, -0.2) is 4.79 Å². The van der Waals surface area contributed by atoms with Gasteiger partial charge < -0.3 is 20.2 Å². The van der Waals surface area contributed by atoms with E-state index in [0.29, 0.717) is 21.7 Å². The molecular formula is C17H15BrN2O5. The summed E-state index contributed by atoms with van der Waals surface area (Å²) in [5.41, 5.74) is 5.92. The second-order valence-electron chi connectivity index (χ2n) is 4.99. The van der Waals surface area contributed by atoms with E-state index in [1.807, 2.05) is 0 Å². The van der Waals surface area contributed by atoms with Crippen LogP contribution in [0.25, 0.3) is 6.08 Å². The van der Waals surface area contributed by atoms with E-state index < -0.39 is 23.9 Å². The number of hydrogen-bond donors (Lipinski definition) is 2. The number of ether oxygens (including phenoxy) is 1. The van der Waals surface area contributed by atoms with Gasteiger partial charge in [-0.3, -0.25) is 9.59 Å². The molecule has 1 atom stereocenters. The summed E-state index contributed by atoms with van der Waals surface area (Å²) in [5, 5.41) is 2.57. The fourth-order valence-electron chi connectivity index (χ4n) is 1.80. The molecule has 8 heteroatoms. The Morgan fingerprint density at radius 3 is 2.44 bits per heavy atom. The highest BCUT2D eigenvalue weighted by Gasteiger charge is 2.16. The van der Waals surface area contributed by atoms with E-state index in [2.05, 4.69) is 21.2 Å². The molecule has 2 rings (SSSR count). The van der Waals surface area contributed by atoms with Crippen LogP contribution in [-0.2, 0) is 14.3 Å². The van der Waals surface area contributed by atoms with E-state index in [9.17, 15) is 14.4 Å². The molecule has 2 amide bonds. The lowest BCUT2D eigenvalue weighted by Gasteiger charge is -2.12. The molecule has 0 radical (unpaired) electrons. The van der Waals surface area contributed by atoms with Crippen molar-refractivity contribution < 1.29 is 23.5 Å². The Hall–Kier alpha value is -2.87. The minimum Gasteiger partial charge on any atom is -0.450 e. The highest BCUT2D eigenvalue weighted by Crippen LogP contribution is 2.15. The fourth-order valence-corrected chi connectivity index (χ4v) is 2.12. The number of hydrogen-bond acceptors (Lipinski definition) is 5. The van der Waals surface area contributed by atoms with Crippen molar-refractivity contribution in [2.24, 2.45) is 5.73 Å². The smallest absolute Gasteiger partial charge is 0.331 e. The first kappa shape index (κ1) is 18.5. The number of carbonyl (C=O) groups excluding carboxylic acids is 3. The first-order chi connectivity index (χ1) is 11.8. The summed E-state index contributed by atoms with van der Waals surface area (Å²) in [6.45, 7) is 1.45. The minimum atomic E-state index is -1.00. The largest absolute Gasteiger partial charge is 0.450 e. The molecule has 0 spiro atoms. The van der Waals surface area contributed by atoms with Gasteiger partial charge in [0, 0.05) is 17.3 Å². The van der Waals surface area contributed by atoms with Gasteiger partial charge in [-0.05, 0) is 65.3 Å². The van der Waals surface area contributed by atoms with Crippen LogP contribution in [0.5, 0.6) is 0 Å². The third-order valence-electron chi connectivity index (χ3n) is 3.08. The molecule has 2 aromatic rings. The number of halogens is 1. The summed E-state index contributed by atoms with van der Waals surface area (Å²) in [6, 6.07) is 9.38. The van der Waals surface area contributed by atoms with Crippen molar-refractivity contribution in [3.8, 4) is 0 Å². The van der Waals surface area contributed by atoms with Crippen LogP contribution >= 0.6 is 15.9 Å². The van der Waals surface area contributed by atoms with Gasteiger partial charge in [0.2, 0.25) is 5.91 Å². The number of nitrogens with one attached hydrogen (secondary N) is 1. The van der Waals surface area contributed by atoms with Crippen LogP contribution in [0.2, 0.25) is 0 Å². The Bertz CT molecular complexity index is 811. The lowest BCUT2D eigenvalue weighted by atomic mass is 10.2. The van der Waals surface area contributed by atoms with E-state index in [1.54, 1.807) is 12.1 Å². The van der Waals surface area contributed by atoms with E-state index >= 15 is 0 Å². The summed E-state index contributed by atoms with van der Waals surface area (Å²) in [4.78, 5) is 34.7. The first-order valence-electron chi connectivity index (χ1n) is 7.20. The Balaban J connectivity index is 1.87. The van der Waals surface area contributed by atoms with Crippen LogP contribution in [-0.4, -0.2) is 23.9 Å². The quantitative estimate of drug-likeness (QED) is 0.565. The van der Waals surface area contributed by atoms with Crippen molar-refractivity contribution in [3.05, 3.63) is 58.5 Å². The van der Waals surface area contributed by atoms with Crippen molar-refractivity contribution in [1.29, 1.82) is 0 Å². The summed E-state index contributed by atoms with van der Waals surface area (Å²) in [6.07, 6.45) is 1.59.